The number of nitrogens with two attached hydrogens (primary N) is 2. The molecule has 1 amide bonds. The van der Waals surface area contributed by atoms with Crippen LogP contribution in [0.15, 0.2) is 29.2 Å². The molecule has 0 heterocycles. The third-order valence-corrected chi connectivity index (χ3v) is 3.71. The molecule has 0 radical (unpaired) electrons. The lowest BCUT2D eigenvalue weighted by Crippen LogP contribution is -2.41. The quantitative estimate of drug-likeness (QED) is 0.701. The third-order valence-electron chi connectivity index (χ3n) is 2.78. The Morgan fingerprint density at radius 1 is 1.25 bits per heavy atom. The average molecular weight is 299 g/mol. The lowest BCUT2D eigenvalue weighted by Gasteiger charge is -2.14. The molecule has 0 fully saturated rings. The van der Waals surface area contributed by atoms with Crippen molar-refractivity contribution in [2.75, 3.05) is 0 Å². The van der Waals surface area contributed by atoms with Gasteiger partial charge in [-0.05, 0) is 30.0 Å². The van der Waals surface area contributed by atoms with Gasteiger partial charge in [-0.2, -0.15) is 0 Å². The summed E-state index contributed by atoms with van der Waals surface area (Å²) in [6.07, 6.45) is 0.621. The zero-order chi connectivity index (χ0) is 15.3. The Bertz CT molecular complexity index is 553. The summed E-state index contributed by atoms with van der Waals surface area (Å²) in [5.74, 6) is 0.138. The second kappa shape index (κ2) is 6.83. The van der Waals surface area contributed by atoms with Gasteiger partial charge in [0.25, 0.3) is 0 Å². The summed E-state index contributed by atoms with van der Waals surface area (Å²) in [5, 5.41) is 7.72. The van der Waals surface area contributed by atoms with E-state index >= 15 is 0 Å². The largest absolute Gasteiger partial charge is 0.351 e. The molecule has 0 unspecified atom stereocenters. The lowest BCUT2D eigenvalue weighted by molar-refractivity contribution is -0.122. The number of sulfonamides is 1. The van der Waals surface area contributed by atoms with Crippen LogP contribution in [0.25, 0.3) is 0 Å². The number of primary sulfonamides is 1. The molecule has 1 aromatic rings. The fourth-order valence-electron chi connectivity index (χ4n) is 1.73. The SMILES string of the molecule is CC(C)C[C@H](N)C(=O)NCc1ccc(S(N)(=O)=O)cc1. The van der Waals surface area contributed by atoms with E-state index in [-0.39, 0.29) is 10.8 Å². The summed E-state index contributed by atoms with van der Waals surface area (Å²) in [6.45, 7) is 4.30. The van der Waals surface area contributed by atoms with Crippen LogP contribution in [0.2, 0.25) is 0 Å². The highest BCUT2D eigenvalue weighted by Crippen LogP contribution is 2.09. The minimum absolute atomic E-state index is 0.0454. The van der Waals surface area contributed by atoms with Crippen molar-refractivity contribution < 1.29 is 13.2 Å². The number of benzene rings is 1. The van der Waals surface area contributed by atoms with Gasteiger partial charge in [0.1, 0.15) is 0 Å². The highest BCUT2D eigenvalue weighted by molar-refractivity contribution is 7.89. The molecule has 1 atom stereocenters. The number of carbonyl (C=O) groups excluding carboxylic acids is 1. The highest BCUT2D eigenvalue weighted by atomic mass is 32.2. The van der Waals surface area contributed by atoms with Crippen LogP contribution in [-0.2, 0) is 21.4 Å². The Kier molecular flexibility index (Phi) is 5.67. The van der Waals surface area contributed by atoms with E-state index in [0.29, 0.717) is 18.9 Å². The van der Waals surface area contributed by atoms with Gasteiger partial charge in [-0.1, -0.05) is 26.0 Å². The second-order valence-electron chi connectivity index (χ2n) is 5.14. The van der Waals surface area contributed by atoms with Crippen LogP contribution in [0.4, 0.5) is 0 Å². The fourth-order valence-corrected chi connectivity index (χ4v) is 2.25. The molecule has 0 bridgehead atoms. The normalized spacial score (nSPS) is 13.2. The Hall–Kier alpha value is -1.44. The predicted molar refractivity (Wildman–Crippen MR) is 77.1 cm³/mol. The van der Waals surface area contributed by atoms with Gasteiger partial charge in [-0.3, -0.25) is 4.79 Å². The van der Waals surface area contributed by atoms with Crippen molar-refractivity contribution in [2.24, 2.45) is 16.8 Å². The topological polar surface area (TPSA) is 115 Å². The molecule has 0 aliphatic rings. The van der Waals surface area contributed by atoms with Crippen molar-refractivity contribution in [2.45, 2.75) is 37.8 Å². The summed E-state index contributed by atoms with van der Waals surface area (Å²) >= 11 is 0. The van der Waals surface area contributed by atoms with Crippen LogP contribution in [0.1, 0.15) is 25.8 Å². The van der Waals surface area contributed by atoms with E-state index in [9.17, 15) is 13.2 Å². The minimum atomic E-state index is -3.69. The van der Waals surface area contributed by atoms with E-state index in [1.54, 1.807) is 12.1 Å². The van der Waals surface area contributed by atoms with Gasteiger partial charge < -0.3 is 11.1 Å². The first-order valence-corrected chi connectivity index (χ1v) is 7.90. The molecule has 6 nitrogen and oxygen atoms in total. The van der Waals surface area contributed by atoms with Crippen molar-refractivity contribution in [3.05, 3.63) is 29.8 Å². The molecule has 0 aromatic heterocycles. The molecule has 1 aromatic carbocycles. The Balaban J connectivity index is 2.56. The Morgan fingerprint density at radius 2 is 1.80 bits per heavy atom. The summed E-state index contributed by atoms with van der Waals surface area (Å²) in [5.41, 5.74) is 6.54. The van der Waals surface area contributed by atoms with E-state index < -0.39 is 16.1 Å². The van der Waals surface area contributed by atoms with Gasteiger partial charge in [0.2, 0.25) is 15.9 Å². The number of rotatable bonds is 6. The van der Waals surface area contributed by atoms with E-state index in [4.69, 9.17) is 10.9 Å². The van der Waals surface area contributed by atoms with Crippen molar-refractivity contribution in [1.82, 2.24) is 5.32 Å². The summed E-state index contributed by atoms with van der Waals surface area (Å²) < 4.78 is 22.2. The van der Waals surface area contributed by atoms with Crippen LogP contribution < -0.4 is 16.2 Å². The van der Waals surface area contributed by atoms with Crippen LogP contribution in [0.5, 0.6) is 0 Å². The number of amides is 1. The van der Waals surface area contributed by atoms with Gasteiger partial charge in [-0.15, -0.1) is 0 Å². The number of hydrogen-bond donors (Lipinski definition) is 3. The summed E-state index contributed by atoms with van der Waals surface area (Å²) in [4.78, 5) is 11.8. The molecular weight excluding hydrogens is 278 g/mol. The number of carbonyl (C=O) groups is 1. The third kappa shape index (κ3) is 5.28. The minimum Gasteiger partial charge on any atom is -0.351 e. The molecule has 5 N–H and O–H groups in total. The molecule has 0 spiro atoms. The average Bonchev–Trinajstić information content (AvgIpc) is 2.34. The van der Waals surface area contributed by atoms with Crippen LogP contribution in [0, 0.1) is 5.92 Å². The zero-order valence-electron chi connectivity index (χ0n) is 11.7. The van der Waals surface area contributed by atoms with Gasteiger partial charge in [0, 0.05) is 6.54 Å². The van der Waals surface area contributed by atoms with Crippen molar-refractivity contribution in [3.8, 4) is 0 Å². The molecule has 7 heteroatoms. The molecule has 0 saturated carbocycles. The molecule has 0 aliphatic carbocycles. The zero-order valence-corrected chi connectivity index (χ0v) is 12.5. The van der Waals surface area contributed by atoms with E-state index in [1.165, 1.54) is 12.1 Å². The smallest absolute Gasteiger partial charge is 0.238 e. The first-order chi connectivity index (χ1) is 9.20. The van der Waals surface area contributed by atoms with E-state index in [1.807, 2.05) is 13.8 Å². The predicted octanol–water partition coefficient (Wildman–Crippen LogP) is 0.324. The fraction of sp³-hybridized carbons (Fsp3) is 0.462. The van der Waals surface area contributed by atoms with Gasteiger partial charge in [-0.25, -0.2) is 13.6 Å². The van der Waals surface area contributed by atoms with Crippen molar-refractivity contribution in [1.29, 1.82) is 0 Å². The molecule has 0 saturated heterocycles. The first kappa shape index (κ1) is 16.6. The maximum atomic E-state index is 11.7. The summed E-state index contributed by atoms with van der Waals surface area (Å²) in [7, 11) is -3.69. The van der Waals surface area contributed by atoms with Crippen LogP contribution in [0.3, 0.4) is 0 Å². The second-order valence-corrected chi connectivity index (χ2v) is 6.70. The van der Waals surface area contributed by atoms with E-state index in [2.05, 4.69) is 5.32 Å². The lowest BCUT2D eigenvalue weighted by atomic mass is 10.0. The van der Waals surface area contributed by atoms with Crippen molar-refractivity contribution in [3.63, 3.8) is 0 Å². The number of nitrogens with one attached hydrogen (secondary N) is 1. The number of hydrogen-bond acceptors (Lipinski definition) is 4. The molecular formula is C13H21N3O3S. The Morgan fingerprint density at radius 3 is 2.25 bits per heavy atom. The van der Waals surface area contributed by atoms with Crippen LogP contribution >= 0.6 is 0 Å². The first-order valence-electron chi connectivity index (χ1n) is 6.35. The molecule has 0 aliphatic heterocycles. The standard InChI is InChI=1S/C13H21N3O3S/c1-9(2)7-12(14)13(17)16-8-10-3-5-11(6-4-10)20(15,18)19/h3-6,9,12H,7-8,14H2,1-2H3,(H,16,17)(H2,15,18,19)/t12-/m0/s1. The van der Waals surface area contributed by atoms with Gasteiger partial charge in [0.15, 0.2) is 0 Å². The van der Waals surface area contributed by atoms with Crippen LogP contribution in [-0.4, -0.2) is 20.4 Å². The highest BCUT2D eigenvalue weighted by Gasteiger charge is 2.14. The van der Waals surface area contributed by atoms with Gasteiger partial charge >= 0.3 is 0 Å². The van der Waals surface area contributed by atoms with Gasteiger partial charge in [0.05, 0.1) is 10.9 Å². The molecule has 112 valence electrons. The van der Waals surface area contributed by atoms with E-state index in [0.717, 1.165) is 5.56 Å². The molecule has 1 rings (SSSR count). The maximum absolute atomic E-state index is 11.7. The monoisotopic (exact) mass is 299 g/mol. The van der Waals surface area contributed by atoms with Crippen molar-refractivity contribution >= 4 is 15.9 Å². The summed E-state index contributed by atoms with van der Waals surface area (Å²) in [6, 6.07) is 5.50. The molecule has 20 heavy (non-hydrogen) atoms. The Labute approximate surface area is 119 Å². The maximum Gasteiger partial charge on any atom is 0.238 e.